The molecule has 160 valence electrons. The quantitative estimate of drug-likeness (QED) is 0.736. The molecular weight excluding hydrogens is 398 g/mol. The van der Waals surface area contributed by atoms with E-state index in [1.54, 1.807) is 7.11 Å². The first kappa shape index (κ1) is 20.9. The van der Waals surface area contributed by atoms with E-state index >= 15 is 0 Å². The highest BCUT2D eigenvalue weighted by molar-refractivity contribution is 7.12. The van der Waals surface area contributed by atoms with Crippen LogP contribution in [-0.4, -0.2) is 72.9 Å². The number of nitrogens with zero attached hydrogens (tertiary/aromatic N) is 3. The summed E-state index contributed by atoms with van der Waals surface area (Å²) in [6, 6.07) is 11.9. The minimum atomic E-state index is -0.0733. The Morgan fingerprint density at radius 1 is 1.03 bits per heavy atom. The van der Waals surface area contributed by atoms with Gasteiger partial charge in [0.15, 0.2) is 0 Å². The van der Waals surface area contributed by atoms with Gasteiger partial charge in [0.25, 0.3) is 5.91 Å². The second-order valence-corrected chi connectivity index (χ2v) is 8.96. The number of piperidine rings is 1. The lowest BCUT2D eigenvalue weighted by molar-refractivity contribution is -0.138. The zero-order valence-electron chi connectivity index (χ0n) is 17.5. The topological polar surface area (TPSA) is 53.1 Å². The van der Waals surface area contributed by atoms with Crippen molar-refractivity contribution in [2.24, 2.45) is 5.92 Å². The van der Waals surface area contributed by atoms with Crippen molar-refractivity contribution in [3.05, 3.63) is 52.2 Å². The highest BCUT2D eigenvalue weighted by Crippen LogP contribution is 2.23. The largest absolute Gasteiger partial charge is 0.497 e. The average molecular weight is 428 g/mol. The normalized spacial score (nSPS) is 20.2. The molecule has 2 aliphatic heterocycles. The standard InChI is InChI=1S/C23H29N3O3S/c1-29-20-8-6-18(7-9-20)16-24-11-13-25(14-12-24)22(27)19-4-2-10-26(17-19)23(28)21-5-3-15-30-21/h3,5-9,15,19H,2,4,10-14,16-17H2,1H3. The molecule has 0 radical (unpaired) electrons. The number of hydrogen-bond acceptors (Lipinski definition) is 5. The molecule has 0 N–H and O–H groups in total. The first-order valence-electron chi connectivity index (χ1n) is 10.6. The lowest BCUT2D eigenvalue weighted by Gasteiger charge is -2.39. The monoisotopic (exact) mass is 427 g/mol. The number of ether oxygens (including phenoxy) is 1. The molecule has 2 amide bonds. The lowest BCUT2D eigenvalue weighted by atomic mass is 9.96. The molecule has 3 heterocycles. The van der Waals surface area contributed by atoms with Gasteiger partial charge < -0.3 is 14.5 Å². The van der Waals surface area contributed by atoms with Crippen molar-refractivity contribution < 1.29 is 14.3 Å². The Bertz CT molecular complexity index is 845. The zero-order valence-corrected chi connectivity index (χ0v) is 18.3. The van der Waals surface area contributed by atoms with Crippen LogP contribution in [0, 0.1) is 5.92 Å². The van der Waals surface area contributed by atoms with Crippen molar-refractivity contribution in [1.29, 1.82) is 0 Å². The van der Waals surface area contributed by atoms with Crippen molar-refractivity contribution in [3.63, 3.8) is 0 Å². The molecule has 6 nitrogen and oxygen atoms in total. The van der Waals surface area contributed by atoms with Gasteiger partial charge in [-0.2, -0.15) is 0 Å². The van der Waals surface area contributed by atoms with Gasteiger partial charge in [0.1, 0.15) is 5.75 Å². The number of carbonyl (C=O) groups is 2. The predicted molar refractivity (Wildman–Crippen MR) is 118 cm³/mol. The Hall–Kier alpha value is -2.38. The number of methoxy groups -OCH3 is 1. The van der Waals surface area contributed by atoms with E-state index in [4.69, 9.17) is 4.74 Å². The first-order valence-corrected chi connectivity index (χ1v) is 11.5. The van der Waals surface area contributed by atoms with E-state index in [9.17, 15) is 9.59 Å². The fourth-order valence-electron chi connectivity index (χ4n) is 4.29. The van der Waals surface area contributed by atoms with Gasteiger partial charge in [0.05, 0.1) is 17.9 Å². The van der Waals surface area contributed by atoms with Gasteiger partial charge >= 0.3 is 0 Å². The van der Waals surface area contributed by atoms with Gasteiger partial charge in [0.2, 0.25) is 5.91 Å². The molecule has 4 rings (SSSR count). The van der Waals surface area contributed by atoms with Gasteiger partial charge in [-0.1, -0.05) is 18.2 Å². The first-order chi connectivity index (χ1) is 14.6. The van der Waals surface area contributed by atoms with Crippen molar-refractivity contribution in [1.82, 2.24) is 14.7 Å². The van der Waals surface area contributed by atoms with Gasteiger partial charge in [-0.3, -0.25) is 14.5 Å². The summed E-state index contributed by atoms with van der Waals surface area (Å²) in [7, 11) is 1.68. The molecule has 2 aromatic rings. The van der Waals surface area contributed by atoms with Gasteiger partial charge in [-0.15, -0.1) is 11.3 Å². The molecular formula is C23H29N3O3S. The number of likely N-dealkylation sites (tertiary alicyclic amines) is 1. The van der Waals surface area contributed by atoms with Crippen LogP contribution in [0.4, 0.5) is 0 Å². The summed E-state index contributed by atoms with van der Waals surface area (Å²) in [5, 5.41) is 1.92. The maximum absolute atomic E-state index is 13.1. The Morgan fingerprint density at radius 2 is 1.80 bits per heavy atom. The van der Waals surface area contributed by atoms with E-state index in [1.807, 2.05) is 39.4 Å². The third kappa shape index (κ3) is 4.84. The molecule has 7 heteroatoms. The summed E-state index contributed by atoms with van der Waals surface area (Å²) in [5.41, 5.74) is 1.26. The van der Waals surface area contributed by atoms with E-state index in [2.05, 4.69) is 17.0 Å². The Kier molecular flexibility index (Phi) is 6.69. The van der Waals surface area contributed by atoms with Gasteiger partial charge in [0, 0.05) is 45.8 Å². The second kappa shape index (κ2) is 9.62. The number of thiophene rings is 1. The van der Waals surface area contributed by atoms with Gasteiger partial charge in [-0.25, -0.2) is 0 Å². The van der Waals surface area contributed by atoms with Crippen molar-refractivity contribution in [2.75, 3.05) is 46.4 Å². The molecule has 1 unspecified atom stereocenters. The van der Waals surface area contributed by atoms with Crippen LogP contribution in [0.2, 0.25) is 0 Å². The molecule has 1 aromatic carbocycles. The van der Waals surface area contributed by atoms with Crippen LogP contribution in [0.5, 0.6) is 5.75 Å². The summed E-state index contributed by atoms with van der Waals surface area (Å²) >= 11 is 1.47. The number of rotatable bonds is 5. The Balaban J connectivity index is 1.27. The molecule has 0 saturated carbocycles. The Labute approximate surface area is 182 Å². The van der Waals surface area contributed by atoms with Crippen LogP contribution < -0.4 is 4.74 Å². The maximum Gasteiger partial charge on any atom is 0.263 e. The fourth-order valence-corrected chi connectivity index (χ4v) is 4.98. The molecule has 2 fully saturated rings. The third-order valence-electron chi connectivity index (χ3n) is 6.04. The fraction of sp³-hybridized carbons (Fsp3) is 0.478. The third-order valence-corrected chi connectivity index (χ3v) is 6.90. The van der Waals surface area contributed by atoms with Crippen LogP contribution in [0.15, 0.2) is 41.8 Å². The van der Waals surface area contributed by atoms with Gasteiger partial charge in [-0.05, 0) is 42.0 Å². The van der Waals surface area contributed by atoms with Crippen LogP contribution in [0.1, 0.15) is 28.1 Å². The van der Waals surface area contributed by atoms with Crippen LogP contribution in [0.25, 0.3) is 0 Å². The highest BCUT2D eigenvalue weighted by atomic mass is 32.1. The number of amides is 2. The number of hydrogen-bond donors (Lipinski definition) is 0. The number of carbonyl (C=O) groups excluding carboxylic acids is 2. The lowest BCUT2D eigenvalue weighted by Crippen LogP contribution is -2.52. The molecule has 0 spiro atoms. The van der Waals surface area contributed by atoms with E-state index in [1.165, 1.54) is 16.9 Å². The number of piperazine rings is 1. The van der Waals surface area contributed by atoms with Crippen LogP contribution in [-0.2, 0) is 11.3 Å². The van der Waals surface area contributed by atoms with E-state index in [0.717, 1.165) is 62.7 Å². The summed E-state index contributed by atoms with van der Waals surface area (Å²) in [5.74, 6) is 1.07. The van der Waals surface area contributed by atoms with Crippen molar-refractivity contribution in [2.45, 2.75) is 19.4 Å². The summed E-state index contributed by atoms with van der Waals surface area (Å²) < 4.78 is 5.22. The SMILES string of the molecule is COc1ccc(CN2CCN(C(=O)C3CCCN(C(=O)c4cccs4)C3)CC2)cc1. The molecule has 1 atom stereocenters. The molecule has 2 aliphatic rings. The van der Waals surface area contributed by atoms with E-state index in [-0.39, 0.29) is 17.7 Å². The summed E-state index contributed by atoms with van der Waals surface area (Å²) in [4.78, 5) is 32.8. The van der Waals surface area contributed by atoms with E-state index < -0.39 is 0 Å². The van der Waals surface area contributed by atoms with E-state index in [0.29, 0.717) is 6.54 Å². The van der Waals surface area contributed by atoms with Crippen LogP contribution >= 0.6 is 11.3 Å². The predicted octanol–water partition coefficient (Wildman–Crippen LogP) is 2.95. The molecule has 0 aliphatic carbocycles. The maximum atomic E-state index is 13.1. The average Bonchev–Trinajstić information content (AvgIpc) is 3.34. The molecule has 2 saturated heterocycles. The second-order valence-electron chi connectivity index (χ2n) is 8.02. The van der Waals surface area contributed by atoms with Crippen molar-refractivity contribution >= 4 is 23.2 Å². The Morgan fingerprint density at radius 3 is 2.47 bits per heavy atom. The zero-order chi connectivity index (χ0) is 20.9. The summed E-state index contributed by atoms with van der Waals surface area (Å²) in [6.45, 7) is 5.44. The highest BCUT2D eigenvalue weighted by Gasteiger charge is 2.33. The van der Waals surface area contributed by atoms with Crippen LogP contribution in [0.3, 0.4) is 0 Å². The minimum Gasteiger partial charge on any atom is -0.497 e. The molecule has 0 bridgehead atoms. The summed E-state index contributed by atoms with van der Waals surface area (Å²) in [6.07, 6.45) is 1.77. The minimum absolute atomic E-state index is 0.0619. The smallest absolute Gasteiger partial charge is 0.263 e. The molecule has 30 heavy (non-hydrogen) atoms. The molecule has 1 aromatic heterocycles. The van der Waals surface area contributed by atoms with Crippen molar-refractivity contribution in [3.8, 4) is 5.75 Å². The number of benzene rings is 1.